The van der Waals surface area contributed by atoms with Gasteiger partial charge in [-0.15, -0.1) is 0 Å². The SMILES string of the molecule is CCC(C)(C(=O)c1ccc2nc(C)ccc2c1)N(C)C. The van der Waals surface area contributed by atoms with Gasteiger partial charge in [-0.1, -0.05) is 13.0 Å². The van der Waals surface area contributed by atoms with E-state index in [0.717, 1.165) is 28.6 Å². The number of benzene rings is 1. The zero-order valence-electron chi connectivity index (χ0n) is 12.9. The second-order valence-electron chi connectivity index (χ2n) is 5.71. The van der Waals surface area contributed by atoms with Crippen LogP contribution in [0.5, 0.6) is 0 Å². The van der Waals surface area contributed by atoms with E-state index >= 15 is 0 Å². The van der Waals surface area contributed by atoms with Gasteiger partial charge in [0.1, 0.15) is 0 Å². The summed E-state index contributed by atoms with van der Waals surface area (Å²) in [5.41, 5.74) is 2.21. The molecular weight excluding hydrogens is 248 g/mol. The first-order chi connectivity index (χ1) is 9.38. The van der Waals surface area contributed by atoms with Crippen LogP contribution in [0.3, 0.4) is 0 Å². The third-order valence-corrected chi connectivity index (χ3v) is 4.26. The number of carbonyl (C=O) groups is 1. The third kappa shape index (κ3) is 2.46. The molecule has 0 aliphatic heterocycles. The summed E-state index contributed by atoms with van der Waals surface area (Å²) in [6, 6.07) is 9.76. The number of likely N-dealkylation sites (N-methyl/N-ethyl adjacent to an activating group) is 1. The van der Waals surface area contributed by atoms with E-state index in [4.69, 9.17) is 0 Å². The Morgan fingerprint density at radius 2 is 1.95 bits per heavy atom. The van der Waals surface area contributed by atoms with Gasteiger partial charge in [-0.2, -0.15) is 0 Å². The highest BCUT2D eigenvalue weighted by Crippen LogP contribution is 2.24. The number of rotatable bonds is 4. The molecule has 0 spiro atoms. The normalized spacial score (nSPS) is 14.5. The maximum atomic E-state index is 12.8. The van der Waals surface area contributed by atoms with Crippen LogP contribution in [0.4, 0.5) is 0 Å². The van der Waals surface area contributed by atoms with Gasteiger partial charge in [0.25, 0.3) is 0 Å². The molecule has 0 fully saturated rings. The minimum atomic E-state index is -0.466. The van der Waals surface area contributed by atoms with Crippen molar-refractivity contribution in [3.8, 4) is 0 Å². The summed E-state index contributed by atoms with van der Waals surface area (Å²) < 4.78 is 0. The van der Waals surface area contributed by atoms with Crippen molar-refractivity contribution < 1.29 is 4.79 Å². The quantitative estimate of drug-likeness (QED) is 0.798. The first-order valence-electron chi connectivity index (χ1n) is 6.98. The average Bonchev–Trinajstić information content (AvgIpc) is 2.44. The number of fused-ring (bicyclic) bond motifs is 1. The van der Waals surface area contributed by atoms with Gasteiger partial charge < -0.3 is 0 Å². The van der Waals surface area contributed by atoms with E-state index in [2.05, 4.69) is 4.98 Å². The van der Waals surface area contributed by atoms with Gasteiger partial charge in [0.05, 0.1) is 11.1 Å². The van der Waals surface area contributed by atoms with E-state index in [1.54, 1.807) is 0 Å². The number of aryl methyl sites for hydroxylation is 1. The fraction of sp³-hybridized carbons (Fsp3) is 0.412. The molecule has 0 bridgehead atoms. The molecule has 0 N–H and O–H groups in total. The summed E-state index contributed by atoms with van der Waals surface area (Å²) in [5, 5.41) is 1.01. The third-order valence-electron chi connectivity index (χ3n) is 4.26. The lowest BCUT2D eigenvalue weighted by Crippen LogP contribution is -2.48. The standard InChI is InChI=1S/C17H22N2O/c1-6-17(3,19(4)5)16(20)14-9-10-15-13(11-14)8-7-12(2)18-15/h7-11H,6H2,1-5H3. The van der Waals surface area contributed by atoms with Gasteiger partial charge in [-0.05, 0) is 58.6 Å². The van der Waals surface area contributed by atoms with Crippen molar-refractivity contribution >= 4 is 16.7 Å². The Morgan fingerprint density at radius 3 is 2.55 bits per heavy atom. The number of carbonyl (C=O) groups excluding carboxylic acids is 1. The molecule has 2 rings (SSSR count). The first kappa shape index (κ1) is 14.7. The van der Waals surface area contributed by atoms with Gasteiger partial charge in [0.2, 0.25) is 0 Å². The number of Topliss-reactive ketones (excluding diaryl/α,β-unsaturated/α-hetero) is 1. The smallest absolute Gasteiger partial charge is 0.182 e. The Hall–Kier alpha value is -1.74. The number of hydrogen-bond donors (Lipinski definition) is 0. The molecule has 106 valence electrons. The highest BCUT2D eigenvalue weighted by molar-refractivity contribution is 6.05. The summed E-state index contributed by atoms with van der Waals surface area (Å²) in [4.78, 5) is 19.3. The summed E-state index contributed by atoms with van der Waals surface area (Å²) >= 11 is 0. The Balaban J connectivity index is 2.48. The lowest BCUT2D eigenvalue weighted by atomic mass is 9.87. The molecule has 0 aliphatic rings. The van der Waals surface area contributed by atoms with Crippen LogP contribution in [-0.2, 0) is 0 Å². The second kappa shape index (κ2) is 5.33. The highest BCUT2D eigenvalue weighted by atomic mass is 16.1. The summed E-state index contributed by atoms with van der Waals surface area (Å²) in [6.45, 7) is 6.01. The topological polar surface area (TPSA) is 33.2 Å². The Labute approximate surface area is 120 Å². The molecule has 0 saturated heterocycles. The predicted molar refractivity (Wildman–Crippen MR) is 83.2 cm³/mol. The van der Waals surface area contributed by atoms with Crippen LogP contribution in [0.25, 0.3) is 10.9 Å². The van der Waals surface area contributed by atoms with Gasteiger partial charge in [0, 0.05) is 16.6 Å². The van der Waals surface area contributed by atoms with Crippen LogP contribution in [-0.4, -0.2) is 35.3 Å². The fourth-order valence-corrected chi connectivity index (χ4v) is 2.36. The molecule has 3 nitrogen and oxygen atoms in total. The Bertz CT molecular complexity index is 648. The molecule has 2 aromatic rings. The van der Waals surface area contributed by atoms with Crippen molar-refractivity contribution in [1.82, 2.24) is 9.88 Å². The average molecular weight is 270 g/mol. The van der Waals surface area contributed by atoms with E-state index in [0.29, 0.717) is 0 Å². The number of hydrogen-bond acceptors (Lipinski definition) is 3. The lowest BCUT2D eigenvalue weighted by Gasteiger charge is -2.34. The van der Waals surface area contributed by atoms with Crippen molar-refractivity contribution in [2.75, 3.05) is 14.1 Å². The molecule has 1 heterocycles. The van der Waals surface area contributed by atoms with Crippen molar-refractivity contribution in [3.05, 3.63) is 41.6 Å². The fourth-order valence-electron chi connectivity index (χ4n) is 2.36. The first-order valence-corrected chi connectivity index (χ1v) is 6.98. The predicted octanol–water partition coefficient (Wildman–Crippen LogP) is 3.46. The lowest BCUT2D eigenvalue weighted by molar-refractivity contribution is 0.0711. The van der Waals surface area contributed by atoms with Gasteiger partial charge in [-0.3, -0.25) is 14.7 Å². The van der Waals surface area contributed by atoms with E-state index in [9.17, 15) is 4.79 Å². The molecule has 1 atom stereocenters. The maximum Gasteiger partial charge on any atom is 0.182 e. The van der Waals surface area contributed by atoms with E-state index in [-0.39, 0.29) is 5.78 Å². The molecule has 20 heavy (non-hydrogen) atoms. The van der Waals surface area contributed by atoms with Crippen LogP contribution in [0, 0.1) is 6.92 Å². The molecule has 0 aliphatic carbocycles. The molecule has 0 saturated carbocycles. The second-order valence-corrected chi connectivity index (χ2v) is 5.71. The Morgan fingerprint density at radius 1 is 1.25 bits per heavy atom. The van der Waals surface area contributed by atoms with Crippen molar-refractivity contribution in [2.45, 2.75) is 32.7 Å². The minimum Gasteiger partial charge on any atom is -0.297 e. The molecule has 3 heteroatoms. The summed E-state index contributed by atoms with van der Waals surface area (Å²) in [6.07, 6.45) is 0.781. The van der Waals surface area contributed by atoms with Crippen LogP contribution in [0.15, 0.2) is 30.3 Å². The number of ketones is 1. The van der Waals surface area contributed by atoms with Gasteiger partial charge >= 0.3 is 0 Å². The number of nitrogens with zero attached hydrogens (tertiary/aromatic N) is 2. The summed E-state index contributed by atoms with van der Waals surface area (Å²) in [5.74, 6) is 0.160. The number of aromatic nitrogens is 1. The van der Waals surface area contributed by atoms with Crippen LogP contribution in [0.2, 0.25) is 0 Å². The highest BCUT2D eigenvalue weighted by Gasteiger charge is 2.34. The molecule has 1 aromatic heterocycles. The Kier molecular flexibility index (Phi) is 3.91. The number of pyridine rings is 1. The monoisotopic (exact) mass is 270 g/mol. The van der Waals surface area contributed by atoms with Gasteiger partial charge in [0.15, 0.2) is 5.78 Å². The molecule has 0 amide bonds. The van der Waals surface area contributed by atoms with Crippen molar-refractivity contribution in [2.24, 2.45) is 0 Å². The van der Waals surface area contributed by atoms with E-state index in [1.807, 2.05) is 70.1 Å². The maximum absolute atomic E-state index is 12.8. The molecule has 1 unspecified atom stereocenters. The zero-order chi connectivity index (χ0) is 14.9. The van der Waals surface area contributed by atoms with Crippen LogP contribution in [0.1, 0.15) is 36.3 Å². The van der Waals surface area contributed by atoms with E-state index < -0.39 is 5.54 Å². The van der Waals surface area contributed by atoms with Crippen LogP contribution >= 0.6 is 0 Å². The van der Waals surface area contributed by atoms with Crippen molar-refractivity contribution in [1.29, 1.82) is 0 Å². The van der Waals surface area contributed by atoms with Crippen LogP contribution < -0.4 is 0 Å². The van der Waals surface area contributed by atoms with Crippen molar-refractivity contribution in [3.63, 3.8) is 0 Å². The minimum absolute atomic E-state index is 0.160. The summed E-state index contributed by atoms with van der Waals surface area (Å²) in [7, 11) is 3.90. The molecule has 0 radical (unpaired) electrons. The molecule has 1 aromatic carbocycles. The van der Waals surface area contributed by atoms with E-state index in [1.165, 1.54) is 0 Å². The van der Waals surface area contributed by atoms with Gasteiger partial charge in [-0.25, -0.2) is 0 Å². The largest absolute Gasteiger partial charge is 0.297 e. The molecular formula is C17H22N2O. The zero-order valence-corrected chi connectivity index (χ0v) is 12.9.